The van der Waals surface area contributed by atoms with Gasteiger partial charge >= 0.3 is 6.09 Å². The minimum absolute atomic E-state index is 0.00462. The van der Waals surface area contributed by atoms with Gasteiger partial charge in [-0.05, 0) is 18.6 Å². The van der Waals surface area contributed by atoms with Crippen LogP contribution in [0.5, 0.6) is 0 Å². The number of amides is 3. The third kappa shape index (κ3) is 4.47. The van der Waals surface area contributed by atoms with E-state index in [0.717, 1.165) is 17.0 Å². The molecule has 2 saturated heterocycles. The van der Waals surface area contributed by atoms with Gasteiger partial charge in [-0.15, -0.1) is 0 Å². The summed E-state index contributed by atoms with van der Waals surface area (Å²) in [7, 11) is 0. The number of nitrogens with one attached hydrogen (secondary N) is 2. The van der Waals surface area contributed by atoms with Crippen molar-refractivity contribution in [2.24, 2.45) is 0 Å². The van der Waals surface area contributed by atoms with Crippen molar-refractivity contribution in [2.75, 3.05) is 24.5 Å². The van der Waals surface area contributed by atoms with E-state index in [1.165, 1.54) is 0 Å². The molecule has 28 heavy (non-hydrogen) atoms. The lowest BCUT2D eigenvalue weighted by Gasteiger charge is -2.24. The number of carbonyl (C=O) groups excluding carboxylic acids is 3. The first-order valence-corrected chi connectivity index (χ1v) is 9.43. The summed E-state index contributed by atoms with van der Waals surface area (Å²) in [6.45, 7) is 0.107. The molecule has 0 aromatic heterocycles. The molecule has 0 radical (unpaired) electrons. The van der Waals surface area contributed by atoms with Gasteiger partial charge < -0.3 is 15.4 Å². The van der Waals surface area contributed by atoms with E-state index in [1.807, 2.05) is 0 Å². The van der Waals surface area contributed by atoms with Crippen LogP contribution in [0.15, 0.2) is 12.1 Å². The number of hydrogen-bond acceptors (Lipinski definition) is 4. The number of carbonyl (C=O) groups is 3. The number of rotatable bonds is 5. The summed E-state index contributed by atoms with van der Waals surface area (Å²) in [6.07, 6.45) is -0.969. The maximum atomic E-state index is 14.6. The lowest BCUT2D eigenvalue weighted by molar-refractivity contribution is -0.122. The van der Waals surface area contributed by atoms with Crippen molar-refractivity contribution in [3.05, 3.63) is 29.3 Å². The maximum Gasteiger partial charge on any atom is 0.414 e. The normalized spacial score (nSPS) is 22.2. The Morgan fingerprint density at radius 2 is 2.00 bits per heavy atom. The summed E-state index contributed by atoms with van der Waals surface area (Å²) in [5.74, 6) is -2.86. The van der Waals surface area contributed by atoms with E-state index >= 15 is 0 Å². The van der Waals surface area contributed by atoms with Gasteiger partial charge in [0.15, 0.2) is 4.84 Å². The minimum atomic E-state index is -1.26. The molecule has 2 heterocycles. The highest BCUT2D eigenvalue weighted by Crippen LogP contribution is 2.32. The number of benzene rings is 1. The number of hydrogen-bond donors (Lipinski definition) is 2. The largest absolute Gasteiger partial charge is 0.442 e. The van der Waals surface area contributed by atoms with Crippen LogP contribution in [-0.4, -0.2) is 48.5 Å². The quantitative estimate of drug-likeness (QED) is 0.693. The average Bonchev–Trinajstić information content (AvgIpc) is 3.01. The molecule has 0 aliphatic carbocycles. The fourth-order valence-electron chi connectivity index (χ4n) is 3.23. The Hall–Kier alpha value is -2.13. The van der Waals surface area contributed by atoms with Crippen LogP contribution in [0.25, 0.3) is 0 Å². The topological polar surface area (TPSA) is 87.7 Å². The van der Waals surface area contributed by atoms with E-state index < -0.39 is 40.5 Å². The van der Waals surface area contributed by atoms with Gasteiger partial charge in [0.05, 0.1) is 18.8 Å². The smallest absolute Gasteiger partial charge is 0.414 e. The van der Waals surface area contributed by atoms with Gasteiger partial charge in [0.25, 0.3) is 5.91 Å². The fourth-order valence-corrected chi connectivity index (χ4v) is 3.38. The van der Waals surface area contributed by atoms with Crippen LogP contribution in [0, 0.1) is 11.6 Å². The lowest BCUT2D eigenvalue weighted by atomic mass is 9.90. The number of ether oxygens (including phenoxy) is 1. The summed E-state index contributed by atoms with van der Waals surface area (Å²) in [4.78, 5) is 34.5. The van der Waals surface area contributed by atoms with Crippen molar-refractivity contribution in [1.29, 1.82) is 0 Å². The molecule has 1 aromatic rings. The molecule has 3 amide bonds. The van der Waals surface area contributed by atoms with E-state index in [-0.39, 0.29) is 43.2 Å². The summed E-state index contributed by atoms with van der Waals surface area (Å²) in [5, 5.41) is 4.99. The zero-order valence-electron chi connectivity index (χ0n) is 14.5. The van der Waals surface area contributed by atoms with Crippen molar-refractivity contribution in [3.8, 4) is 0 Å². The molecule has 7 nitrogen and oxygen atoms in total. The second-order valence-corrected chi connectivity index (χ2v) is 7.62. The Balaban J connectivity index is 1.71. The summed E-state index contributed by atoms with van der Waals surface area (Å²) in [6, 6.07) is 2.12. The Morgan fingerprint density at radius 3 is 2.57 bits per heavy atom. The molecule has 152 valence electrons. The van der Waals surface area contributed by atoms with Crippen LogP contribution >= 0.6 is 23.2 Å². The minimum Gasteiger partial charge on any atom is -0.442 e. The molecule has 0 bridgehead atoms. The SMILES string of the molecule is O=C1CCC(c2c(F)cc(N3C[C@H](CNC(=O)C(Cl)Cl)OC3=O)cc2F)CN1. The zero-order valence-corrected chi connectivity index (χ0v) is 16.0. The highest BCUT2D eigenvalue weighted by atomic mass is 35.5. The molecule has 2 atom stereocenters. The van der Waals surface area contributed by atoms with Gasteiger partial charge in [-0.3, -0.25) is 14.5 Å². The maximum absolute atomic E-state index is 14.6. The van der Waals surface area contributed by atoms with E-state index in [1.54, 1.807) is 0 Å². The van der Waals surface area contributed by atoms with Gasteiger partial charge in [0.1, 0.15) is 17.7 Å². The van der Waals surface area contributed by atoms with Crippen LogP contribution < -0.4 is 15.5 Å². The average molecular weight is 436 g/mol. The molecule has 11 heteroatoms. The van der Waals surface area contributed by atoms with Gasteiger partial charge in [0.2, 0.25) is 5.91 Å². The van der Waals surface area contributed by atoms with Crippen LogP contribution in [0.3, 0.4) is 0 Å². The van der Waals surface area contributed by atoms with Crippen molar-refractivity contribution in [2.45, 2.75) is 29.7 Å². The number of nitrogens with zero attached hydrogens (tertiary/aromatic N) is 1. The molecule has 2 fully saturated rings. The van der Waals surface area contributed by atoms with E-state index in [9.17, 15) is 23.2 Å². The third-order valence-electron chi connectivity index (χ3n) is 4.63. The zero-order chi connectivity index (χ0) is 20.4. The second kappa shape index (κ2) is 8.48. The van der Waals surface area contributed by atoms with Crippen LogP contribution in [-0.2, 0) is 14.3 Å². The molecule has 2 aliphatic rings. The van der Waals surface area contributed by atoms with E-state index in [0.29, 0.717) is 6.42 Å². The standard InChI is InChI=1S/C17H17Cl2F2N3O4/c18-15(19)16(26)23-6-10-7-24(17(27)28-10)9-3-11(20)14(12(21)4-9)8-1-2-13(25)22-5-8/h3-4,8,10,15H,1-2,5-7H2,(H,22,25)(H,23,26)/t8?,10-/m0/s1. The summed E-state index contributed by atoms with van der Waals surface area (Å²) < 4.78 is 34.3. The lowest BCUT2D eigenvalue weighted by Crippen LogP contribution is -2.37. The van der Waals surface area contributed by atoms with Gasteiger partial charge in [-0.2, -0.15) is 0 Å². The van der Waals surface area contributed by atoms with Crippen molar-refractivity contribution < 1.29 is 27.9 Å². The predicted molar refractivity (Wildman–Crippen MR) is 97.5 cm³/mol. The molecular formula is C17H17Cl2F2N3O4. The molecule has 3 rings (SSSR count). The van der Waals surface area contributed by atoms with Crippen molar-refractivity contribution in [1.82, 2.24) is 10.6 Å². The highest BCUT2D eigenvalue weighted by molar-refractivity contribution is 6.53. The predicted octanol–water partition coefficient (Wildman–Crippen LogP) is 2.20. The molecule has 2 aliphatic heterocycles. The first-order valence-electron chi connectivity index (χ1n) is 8.56. The van der Waals surface area contributed by atoms with Crippen molar-refractivity contribution >= 4 is 46.8 Å². The van der Waals surface area contributed by atoms with Crippen molar-refractivity contribution in [3.63, 3.8) is 0 Å². The van der Waals surface area contributed by atoms with Crippen LogP contribution in [0.2, 0.25) is 0 Å². The van der Waals surface area contributed by atoms with Gasteiger partial charge in [0, 0.05) is 24.4 Å². The van der Waals surface area contributed by atoms with Crippen LogP contribution in [0.4, 0.5) is 19.3 Å². The number of piperidine rings is 1. The fraction of sp³-hybridized carbons (Fsp3) is 0.471. The molecule has 0 saturated carbocycles. The first kappa shape index (κ1) is 20.6. The number of cyclic esters (lactones) is 1. The first-order chi connectivity index (χ1) is 13.3. The molecule has 1 aromatic carbocycles. The Bertz CT molecular complexity index is 776. The van der Waals surface area contributed by atoms with Gasteiger partial charge in [-0.25, -0.2) is 13.6 Å². The Kier molecular flexibility index (Phi) is 6.24. The Morgan fingerprint density at radius 1 is 1.32 bits per heavy atom. The molecule has 0 spiro atoms. The second-order valence-electron chi connectivity index (χ2n) is 6.52. The monoisotopic (exact) mass is 435 g/mol. The summed E-state index contributed by atoms with van der Waals surface area (Å²) >= 11 is 10.8. The number of alkyl halides is 2. The van der Waals surface area contributed by atoms with Gasteiger partial charge in [-0.1, -0.05) is 23.2 Å². The third-order valence-corrected chi connectivity index (χ3v) is 5.02. The Labute approximate surface area is 169 Å². The summed E-state index contributed by atoms with van der Waals surface area (Å²) in [5.41, 5.74) is -0.111. The van der Waals surface area contributed by atoms with E-state index in [4.69, 9.17) is 27.9 Å². The number of anilines is 1. The molecule has 2 N–H and O–H groups in total. The molecule has 1 unspecified atom stereocenters. The highest BCUT2D eigenvalue weighted by Gasteiger charge is 2.34. The molecular weight excluding hydrogens is 419 g/mol. The van der Waals surface area contributed by atoms with Crippen LogP contribution in [0.1, 0.15) is 24.3 Å². The van der Waals surface area contributed by atoms with E-state index in [2.05, 4.69) is 10.6 Å². The number of halogens is 4.